The molecule has 4 aromatic carbocycles. The number of para-hydroxylation sites is 2. The SMILES string of the molecule is C.C.CCCCC[C@H](NC(=O)c1cccc(OCCCF)c1)C(=O)COc1c(F)cccc1F.NCCCC[C@H](NC(=O)c1cccc(OCCCF)c1)C(=O)COc1c(F)cccc1F. The molecule has 0 aliphatic rings. The molecule has 0 saturated carbocycles. The number of ketones is 2. The molecule has 0 saturated heterocycles. The maximum absolute atomic E-state index is 13.8. The van der Waals surface area contributed by atoms with Crippen LogP contribution in [0.2, 0.25) is 0 Å². The average molecular weight is 936 g/mol. The van der Waals surface area contributed by atoms with E-state index in [9.17, 15) is 45.5 Å². The minimum absolute atomic E-state index is 0. The van der Waals surface area contributed by atoms with Crippen LogP contribution in [0.3, 0.4) is 0 Å². The van der Waals surface area contributed by atoms with Crippen molar-refractivity contribution in [3.8, 4) is 23.0 Å². The van der Waals surface area contributed by atoms with E-state index in [2.05, 4.69) is 10.6 Å². The fraction of sp³-hybridized carbons (Fsp3) is 0.429. The zero-order valence-corrected chi connectivity index (χ0v) is 35.7. The average Bonchev–Trinajstić information content (AvgIpc) is 3.28. The van der Waals surface area contributed by atoms with Crippen molar-refractivity contribution < 1.29 is 64.5 Å². The smallest absolute Gasteiger partial charge is 0.251 e. The van der Waals surface area contributed by atoms with E-state index >= 15 is 0 Å². The highest BCUT2D eigenvalue weighted by Gasteiger charge is 2.25. The molecule has 11 nitrogen and oxygen atoms in total. The van der Waals surface area contributed by atoms with Crippen LogP contribution in [0.4, 0.5) is 26.3 Å². The predicted octanol–water partition coefficient (Wildman–Crippen LogP) is 9.88. The molecule has 2 amide bonds. The Bertz CT molecular complexity index is 1890. The van der Waals surface area contributed by atoms with Gasteiger partial charge in [0.1, 0.15) is 24.7 Å². The predicted molar refractivity (Wildman–Crippen MR) is 242 cm³/mol. The number of amides is 2. The number of benzene rings is 4. The maximum atomic E-state index is 13.8. The van der Waals surface area contributed by atoms with Gasteiger partial charge in [-0.25, -0.2) is 17.6 Å². The second kappa shape index (κ2) is 32.5. The minimum Gasteiger partial charge on any atom is -0.493 e. The quantitative estimate of drug-likeness (QED) is 0.0373. The molecule has 0 spiro atoms. The lowest BCUT2D eigenvalue weighted by Gasteiger charge is -2.18. The van der Waals surface area contributed by atoms with Crippen molar-refractivity contribution in [3.05, 3.63) is 119 Å². The van der Waals surface area contributed by atoms with Crippen LogP contribution < -0.4 is 35.3 Å². The molecule has 0 aliphatic heterocycles. The molecule has 4 aromatic rings. The first kappa shape index (κ1) is 57.9. The lowest BCUT2D eigenvalue weighted by Crippen LogP contribution is -2.43. The Hall–Kier alpha value is -6.10. The highest BCUT2D eigenvalue weighted by Crippen LogP contribution is 2.23. The molecule has 364 valence electrons. The van der Waals surface area contributed by atoms with Crippen molar-refractivity contribution in [2.24, 2.45) is 5.73 Å². The minimum atomic E-state index is -0.931. The first-order valence-electron chi connectivity index (χ1n) is 21.0. The van der Waals surface area contributed by atoms with Crippen molar-refractivity contribution in [2.75, 3.05) is 46.3 Å². The van der Waals surface area contributed by atoms with Gasteiger partial charge in [-0.3, -0.25) is 28.0 Å². The van der Waals surface area contributed by atoms with Crippen LogP contribution in [-0.2, 0) is 9.59 Å². The van der Waals surface area contributed by atoms with E-state index in [-0.39, 0.29) is 58.5 Å². The number of unbranched alkanes of at least 4 members (excludes halogenated alkanes) is 3. The van der Waals surface area contributed by atoms with Crippen LogP contribution in [0.25, 0.3) is 0 Å². The fourth-order valence-electron chi connectivity index (χ4n) is 5.87. The Kier molecular flexibility index (Phi) is 28.6. The summed E-state index contributed by atoms with van der Waals surface area (Å²) < 4.78 is 100. The summed E-state index contributed by atoms with van der Waals surface area (Å²) >= 11 is 0. The molecule has 4 rings (SSSR count). The number of carbonyl (C=O) groups is 4. The molecular weight excluding hydrogens is 873 g/mol. The molecule has 0 radical (unpaired) electrons. The van der Waals surface area contributed by atoms with Gasteiger partial charge in [0.05, 0.1) is 38.6 Å². The maximum Gasteiger partial charge on any atom is 0.251 e. The van der Waals surface area contributed by atoms with Gasteiger partial charge in [0.15, 0.2) is 46.3 Å². The van der Waals surface area contributed by atoms with Gasteiger partial charge < -0.3 is 35.3 Å². The van der Waals surface area contributed by atoms with Gasteiger partial charge in [-0.1, -0.05) is 65.3 Å². The van der Waals surface area contributed by atoms with E-state index in [0.29, 0.717) is 43.7 Å². The van der Waals surface area contributed by atoms with Gasteiger partial charge in [0.25, 0.3) is 11.8 Å². The van der Waals surface area contributed by atoms with E-state index in [4.69, 9.17) is 24.7 Å². The number of rotatable bonds is 28. The summed E-state index contributed by atoms with van der Waals surface area (Å²) in [5, 5.41) is 5.32. The Morgan fingerprint density at radius 3 is 1.29 bits per heavy atom. The third-order valence-electron chi connectivity index (χ3n) is 9.27. The molecule has 0 bridgehead atoms. The number of carbonyl (C=O) groups excluding carboxylic acids is 4. The first-order valence-corrected chi connectivity index (χ1v) is 21.0. The van der Waals surface area contributed by atoms with Crippen molar-refractivity contribution >= 4 is 23.4 Å². The molecule has 4 N–H and O–H groups in total. The lowest BCUT2D eigenvalue weighted by atomic mass is 10.0. The summed E-state index contributed by atoms with van der Waals surface area (Å²) in [4.78, 5) is 50.8. The van der Waals surface area contributed by atoms with Gasteiger partial charge in [-0.2, -0.15) is 0 Å². The summed E-state index contributed by atoms with van der Waals surface area (Å²) in [6.07, 6.45) is 4.81. The number of ether oxygens (including phenoxy) is 4. The summed E-state index contributed by atoms with van der Waals surface area (Å²) in [5.41, 5.74) is 6.03. The highest BCUT2D eigenvalue weighted by molar-refractivity contribution is 5.99. The zero-order chi connectivity index (χ0) is 46.7. The first-order chi connectivity index (χ1) is 30.9. The van der Waals surface area contributed by atoms with Gasteiger partial charge in [-0.15, -0.1) is 0 Å². The molecule has 0 aliphatic carbocycles. The van der Waals surface area contributed by atoms with Gasteiger partial charge in [-0.05, 0) is 92.9 Å². The summed E-state index contributed by atoms with van der Waals surface area (Å²) in [7, 11) is 0. The lowest BCUT2D eigenvalue weighted by molar-refractivity contribution is -0.123. The topological polar surface area (TPSA) is 155 Å². The monoisotopic (exact) mass is 935 g/mol. The van der Waals surface area contributed by atoms with Crippen LogP contribution in [-0.4, -0.2) is 81.8 Å². The zero-order valence-electron chi connectivity index (χ0n) is 35.7. The van der Waals surface area contributed by atoms with Crippen molar-refractivity contribution in [1.29, 1.82) is 0 Å². The third kappa shape index (κ3) is 20.4. The summed E-state index contributed by atoms with van der Waals surface area (Å²) in [5.74, 6) is -6.17. The standard InChI is InChI=1S/C24H28F3NO4.C23H27F3N2O4.2CH4/c1-2-3-4-12-21(22(29)16-32-23-19(26)10-6-11-20(23)27)28-24(30)17-8-5-9-18(15-17)31-14-7-13-25;24-11-5-13-31-17-7-3-6-16(14-17)23(30)28-20(10-1-2-12-27)21(29)15-32-22-18(25)8-4-9-19(22)26;;/h5-6,8-11,15,21H,2-4,7,12-14,16H2,1H3,(H,28,30);3-4,6-9,14,20H,1-2,5,10-13,15,27H2,(H,28,30);2*1H4/t21-;20-;;/m00../s1. The Morgan fingerprint density at radius 1 is 0.545 bits per heavy atom. The second-order valence-electron chi connectivity index (χ2n) is 14.3. The highest BCUT2D eigenvalue weighted by atomic mass is 19.2. The number of halogens is 6. The molecular formula is C49H63F6N3O8. The largest absolute Gasteiger partial charge is 0.493 e. The number of hydrogen-bond donors (Lipinski definition) is 3. The third-order valence-corrected chi connectivity index (χ3v) is 9.27. The Labute approximate surface area is 383 Å². The second-order valence-corrected chi connectivity index (χ2v) is 14.3. The molecule has 0 heterocycles. The van der Waals surface area contributed by atoms with Crippen LogP contribution in [0, 0.1) is 23.3 Å². The van der Waals surface area contributed by atoms with Crippen LogP contribution in [0.15, 0.2) is 84.9 Å². The van der Waals surface area contributed by atoms with Gasteiger partial charge in [0, 0.05) is 24.0 Å². The van der Waals surface area contributed by atoms with Gasteiger partial charge >= 0.3 is 0 Å². The van der Waals surface area contributed by atoms with E-state index < -0.39 is 96.8 Å². The summed E-state index contributed by atoms with van der Waals surface area (Å²) in [6.45, 7) is 0.582. The van der Waals surface area contributed by atoms with Gasteiger partial charge in [0.2, 0.25) is 0 Å². The molecule has 17 heteroatoms. The van der Waals surface area contributed by atoms with E-state index in [0.717, 1.165) is 37.1 Å². The molecule has 0 unspecified atom stereocenters. The molecule has 2 atom stereocenters. The Balaban J connectivity index is 0.000000641. The molecule has 0 fully saturated rings. The number of nitrogens with one attached hydrogen (secondary N) is 2. The van der Waals surface area contributed by atoms with Crippen LogP contribution in [0.1, 0.15) is 100 Å². The number of alkyl halides is 2. The van der Waals surface area contributed by atoms with E-state index in [1.807, 2.05) is 6.92 Å². The number of Topliss-reactive ketones (excluding diaryl/α,β-unsaturated/α-hetero) is 2. The number of nitrogens with two attached hydrogens (primary N) is 1. The normalized spacial score (nSPS) is 11.3. The summed E-state index contributed by atoms with van der Waals surface area (Å²) in [6, 6.07) is 17.3. The van der Waals surface area contributed by atoms with Crippen molar-refractivity contribution in [1.82, 2.24) is 10.6 Å². The Morgan fingerprint density at radius 2 is 0.924 bits per heavy atom. The van der Waals surface area contributed by atoms with E-state index in [1.165, 1.54) is 24.3 Å². The van der Waals surface area contributed by atoms with Crippen LogP contribution in [0.5, 0.6) is 23.0 Å². The van der Waals surface area contributed by atoms with E-state index in [1.54, 1.807) is 36.4 Å². The van der Waals surface area contributed by atoms with Crippen molar-refractivity contribution in [2.45, 2.75) is 91.6 Å². The van der Waals surface area contributed by atoms with Crippen molar-refractivity contribution in [3.63, 3.8) is 0 Å². The van der Waals surface area contributed by atoms with Crippen LogP contribution >= 0.6 is 0 Å². The number of hydrogen-bond acceptors (Lipinski definition) is 9. The fourth-order valence-corrected chi connectivity index (χ4v) is 5.87. The molecule has 0 aromatic heterocycles. The molecule has 66 heavy (non-hydrogen) atoms.